The topological polar surface area (TPSA) is 84.9 Å². The van der Waals surface area contributed by atoms with Gasteiger partial charge in [0.2, 0.25) is 0 Å². The smallest absolute Gasteiger partial charge is 0.413 e. The summed E-state index contributed by atoms with van der Waals surface area (Å²) in [6.45, 7) is 5.27. The van der Waals surface area contributed by atoms with Gasteiger partial charge in [0.25, 0.3) is 5.91 Å². The van der Waals surface area contributed by atoms with Crippen LogP contribution in [0.2, 0.25) is 10.0 Å². The normalized spacial score (nSPS) is 18.6. The second-order valence-corrected chi connectivity index (χ2v) is 8.83. The number of carbonyl (C=O) groups excluding carboxylic acids is 3. The van der Waals surface area contributed by atoms with Crippen molar-refractivity contribution in [2.24, 2.45) is 5.92 Å². The molecule has 0 unspecified atom stereocenters. The van der Waals surface area contributed by atoms with Gasteiger partial charge in [-0.1, -0.05) is 41.4 Å². The molecule has 0 aromatic heterocycles. The van der Waals surface area contributed by atoms with Crippen LogP contribution in [-0.2, 0) is 14.3 Å². The van der Waals surface area contributed by atoms with Crippen molar-refractivity contribution in [2.45, 2.75) is 32.4 Å². The maximum atomic E-state index is 13.1. The molecule has 9 heteroatoms. The van der Waals surface area contributed by atoms with Crippen LogP contribution in [0.1, 0.15) is 20.8 Å². The predicted octanol–water partition coefficient (Wildman–Crippen LogP) is 4.46. The third-order valence-corrected chi connectivity index (χ3v) is 5.21. The van der Waals surface area contributed by atoms with Crippen LogP contribution >= 0.6 is 23.2 Å². The molecule has 2 aromatic carbocycles. The monoisotopic (exact) mass is 464 g/mol. The van der Waals surface area contributed by atoms with Crippen molar-refractivity contribution in [1.82, 2.24) is 5.32 Å². The second-order valence-electron chi connectivity index (χ2n) is 8.01. The number of esters is 1. The molecule has 164 valence electrons. The van der Waals surface area contributed by atoms with Crippen molar-refractivity contribution < 1.29 is 23.9 Å². The van der Waals surface area contributed by atoms with Crippen LogP contribution in [0.25, 0.3) is 0 Å². The summed E-state index contributed by atoms with van der Waals surface area (Å²) in [6.07, 6.45) is -0.903. The molecule has 2 aromatic rings. The van der Waals surface area contributed by atoms with E-state index in [2.05, 4.69) is 5.32 Å². The number of halogens is 2. The van der Waals surface area contributed by atoms with Crippen LogP contribution in [-0.4, -0.2) is 36.2 Å². The Morgan fingerprint density at radius 1 is 1.06 bits per heavy atom. The summed E-state index contributed by atoms with van der Waals surface area (Å²) in [5.74, 6) is -1.79. The lowest BCUT2D eigenvalue weighted by atomic mass is 10.0. The Bertz CT molecular complexity index is 991. The summed E-state index contributed by atoms with van der Waals surface area (Å²) in [7, 11) is 0. The minimum Gasteiger partial charge on any atom is -0.460 e. The fraction of sp³-hybridized carbons (Fsp3) is 0.318. The number of hydrogen-bond acceptors (Lipinski definition) is 5. The van der Waals surface area contributed by atoms with Crippen LogP contribution in [0.4, 0.5) is 10.5 Å². The van der Waals surface area contributed by atoms with Gasteiger partial charge in [-0.2, -0.15) is 0 Å². The number of anilines is 1. The number of rotatable bonds is 4. The van der Waals surface area contributed by atoms with Crippen molar-refractivity contribution in [3.05, 3.63) is 58.6 Å². The number of para-hydroxylation sites is 1. The van der Waals surface area contributed by atoms with Crippen LogP contribution in [0.15, 0.2) is 48.5 Å². The quantitative estimate of drug-likeness (QED) is 0.675. The summed E-state index contributed by atoms with van der Waals surface area (Å²) in [5, 5.41) is 3.02. The van der Waals surface area contributed by atoms with Gasteiger partial charge < -0.3 is 19.7 Å². The second kappa shape index (κ2) is 9.16. The Balaban J connectivity index is 1.80. The van der Waals surface area contributed by atoms with E-state index >= 15 is 0 Å². The lowest BCUT2D eigenvalue weighted by Gasteiger charge is -2.24. The zero-order valence-electron chi connectivity index (χ0n) is 17.2. The van der Waals surface area contributed by atoms with Gasteiger partial charge in [0.1, 0.15) is 23.3 Å². The maximum absolute atomic E-state index is 13.1. The molecule has 0 bridgehead atoms. The van der Waals surface area contributed by atoms with E-state index < -0.39 is 35.5 Å². The maximum Gasteiger partial charge on any atom is 0.413 e. The molecule has 7 nitrogen and oxygen atoms in total. The van der Waals surface area contributed by atoms with Gasteiger partial charge in [-0.15, -0.1) is 0 Å². The Morgan fingerprint density at radius 2 is 1.74 bits per heavy atom. The van der Waals surface area contributed by atoms with E-state index in [1.807, 2.05) is 6.07 Å². The zero-order valence-corrected chi connectivity index (χ0v) is 18.7. The lowest BCUT2D eigenvalue weighted by molar-refractivity contribution is -0.160. The number of nitrogens with one attached hydrogen (secondary N) is 1. The molecule has 0 spiro atoms. The first kappa shape index (κ1) is 22.9. The molecular formula is C22H22Cl2N2O5. The standard InChI is InChI=1S/C22H22Cl2N2O5/c1-22(2,3)31-20(28)15-12-26(13-7-5-4-6-8-13)19(27)18(15)25-21(29)30-14-9-10-16(23)17(24)11-14/h4-11,15,18H,12H2,1-3H3,(H,25,29)/t15-,18-/m0/s1. The van der Waals surface area contributed by atoms with Crippen LogP contribution in [0.3, 0.4) is 0 Å². The first-order valence-corrected chi connectivity index (χ1v) is 10.3. The van der Waals surface area contributed by atoms with E-state index in [1.54, 1.807) is 45.0 Å². The molecule has 1 N–H and O–H groups in total. The van der Waals surface area contributed by atoms with Gasteiger partial charge in [-0.25, -0.2) is 4.79 Å². The van der Waals surface area contributed by atoms with Crippen molar-refractivity contribution in [3.63, 3.8) is 0 Å². The van der Waals surface area contributed by atoms with Crippen molar-refractivity contribution in [2.75, 3.05) is 11.4 Å². The van der Waals surface area contributed by atoms with E-state index in [-0.39, 0.29) is 17.3 Å². The van der Waals surface area contributed by atoms with Gasteiger partial charge in [-0.3, -0.25) is 9.59 Å². The Morgan fingerprint density at radius 3 is 2.35 bits per heavy atom. The molecule has 0 saturated carbocycles. The summed E-state index contributed by atoms with van der Waals surface area (Å²) in [4.78, 5) is 39.8. The molecule has 1 fully saturated rings. The Kier molecular flexibility index (Phi) is 6.77. The highest BCUT2D eigenvalue weighted by atomic mass is 35.5. The minimum absolute atomic E-state index is 0.0650. The summed E-state index contributed by atoms with van der Waals surface area (Å²) in [6, 6.07) is 12.1. The summed E-state index contributed by atoms with van der Waals surface area (Å²) in [5.41, 5.74) is -0.131. The SMILES string of the molecule is CC(C)(C)OC(=O)[C@H]1CN(c2ccccc2)C(=O)[C@H]1NC(=O)Oc1ccc(Cl)c(Cl)c1. The molecule has 1 aliphatic rings. The number of amides is 2. The van der Waals surface area contributed by atoms with Gasteiger partial charge in [0.05, 0.1) is 10.0 Å². The number of hydrogen-bond donors (Lipinski definition) is 1. The van der Waals surface area contributed by atoms with E-state index in [1.165, 1.54) is 23.1 Å². The number of ether oxygens (including phenoxy) is 2. The largest absolute Gasteiger partial charge is 0.460 e. The van der Waals surface area contributed by atoms with Crippen molar-refractivity contribution >= 4 is 46.9 Å². The molecule has 2 atom stereocenters. The minimum atomic E-state index is -1.15. The molecule has 31 heavy (non-hydrogen) atoms. The van der Waals surface area contributed by atoms with E-state index in [0.717, 1.165) is 0 Å². The fourth-order valence-electron chi connectivity index (χ4n) is 3.13. The van der Waals surface area contributed by atoms with Gasteiger partial charge in [0.15, 0.2) is 0 Å². The third-order valence-electron chi connectivity index (χ3n) is 4.47. The van der Waals surface area contributed by atoms with Gasteiger partial charge >= 0.3 is 12.1 Å². The average molecular weight is 465 g/mol. The molecule has 1 aliphatic heterocycles. The van der Waals surface area contributed by atoms with Crippen LogP contribution in [0, 0.1) is 5.92 Å². The molecule has 3 rings (SSSR count). The van der Waals surface area contributed by atoms with Crippen LogP contribution < -0.4 is 15.0 Å². The highest BCUT2D eigenvalue weighted by Gasteiger charge is 2.47. The molecule has 1 heterocycles. The highest BCUT2D eigenvalue weighted by Crippen LogP contribution is 2.29. The molecular weight excluding hydrogens is 443 g/mol. The molecule has 0 radical (unpaired) electrons. The number of carbonyl (C=O) groups is 3. The van der Waals surface area contributed by atoms with Crippen LogP contribution in [0.5, 0.6) is 5.75 Å². The first-order chi connectivity index (χ1) is 14.5. The van der Waals surface area contributed by atoms with E-state index in [9.17, 15) is 14.4 Å². The summed E-state index contributed by atoms with van der Waals surface area (Å²) >= 11 is 11.8. The number of benzene rings is 2. The van der Waals surface area contributed by atoms with Crippen molar-refractivity contribution in [1.29, 1.82) is 0 Å². The fourth-order valence-corrected chi connectivity index (χ4v) is 3.41. The molecule has 0 aliphatic carbocycles. The van der Waals surface area contributed by atoms with E-state index in [0.29, 0.717) is 10.7 Å². The van der Waals surface area contributed by atoms with Crippen molar-refractivity contribution in [3.8, 4) is 5.75 Å². The average Bonchev–Trinajstić information content (AvgIpc) is 3.01. The third kappa shape index (κ3) is 5.68. The van der Waals surface area contributed by atoms with Gasteiger partial charge in [-0.05, 0) is 45.0 Å². The Labute approximate surface area is 190 Å². The first-order valence-electron chi connectivity index (χ1n) is 9.58. The summed E-state index contributed by atoms with van der Waals surface area (Å²) < 4.78 is 10.7. The molecule has 1 saturated heterocycles. The zero-order chi connectivity index (χ0) is 22.8. The number of nitrogens with zero attached hydrogens (tertiary/aromatic N) is 1. The Hall–Kier alpha value is -2.77. The lowest BCUT2D eigenvalue weighted by Crippen LogP contribution is -2.48. The van der Waals surface area contributed by atoms with E-state index in [4.69, 9.17) is 32.7 Å². The van der Waals surface area contributed by atoms with Gasteiger partial charge in [0, 0.05) is 18.3 Å². The predicted molar refractivity (Wildman–Crippen MR) is 118 cm³/mol. The highest BCUT2D eigenvalue weighted by molar-refractivity contribution is 6.42. The molecule has 2 amide bonds.